The molecule has 0 aliphatic rings. The molecule has 0 spiro atoms. The van der Waals surface area contributed by atoms with Gasteiger partial charge >= 0.3 is 0 Å². The van der Waals surface area contributed by atoms with E-state index in [9.17, 15) is 17.6 Å². The monoisotopic (exact) mass is 288 g/mol. The van der Waals surface area contributed by atoms with E-state index < -0.39 is 15.8 Å². The maximum Gasteiger partial charge on any atom is 0.240 e. The maximum atomic E-state index is 13.1. The minimum Gasteiger partial charge on any atom is -0.325 e. The van der Waals surface area contributed by atoms with Gasteiger partial charge in [0.2, 0.25) is 15.9 Å². The molecule has 0 heterocycles. The number of carbonyl (C=O) groups is 1. The first kappa shape index (κ1) is 15.6. The van der Waals surface area contributed by atoms with Crippen molar-refractivity contribution in [1.29, 1.82) is 0 Å². The Bertz CT molecular complexity index is 572. The summed E-state index contributed by atoms with van der Waals surface area (Å²) in [7, 11) is -4.01. The standard InChI is InChI=1S/C12H17FN2O3S/c1-3-8(2)6-12(16)15-10-7-9(13)4-5-11(10)19(14,17)18/h4-5,7-8H,3,6H2,1-2H3,(H,15,16)(H2,14,17,18). The van der Waals surface area contributed by atoms with Crippen LogP contribution < -0.4 is 10.5 Å². The lowest BCUT2D eigenvalue weighted by molar-refractivity contribution is -0.117. The van der Waals surface area contributed by atoms with Crippen LogP contribution in [0.2, 0.25) is 0 Å². The number of halogens is 1. The van der Waals surface area contributed by atoms with E-state index in [-0.39, 0.29) is 28.8 Å². The Morgan fingerprint density at radius 1 is 1.47 bits per heavy atom. The van der Waals surface area contributed by atoms with Gasteiger partial charge in [0.1, 0.15) is 10.7 Å². The second-order valence-electron chi connectivity index (χ2n) is 4.45. The zero-order valence-electron chi connectivity index (χ0n) is 10.8. The fraction of sp³-hybridized carbons (Fsp3) is 0.417. The molecule has 1 aromatic rings. The summed E-state index contributed by atoms with van der Waals surface area (Å²) in [5.74, 6) is -0.859. The van der Waals surface area contributed by atoms with Crippen LogP contribution in [-0.4, -0.2) is 14.3 Å². The van der Waals surface area contributed by atoms with Crippen LogP contribution in [0, 0.1) is 11.7 Å². The number of carbonyl (C=O) groups excluding carboxylic acids is 1. The maximum absolute atomic E-state index is 13.1. The van der Waals surface area contributed by atoms with Crippen LogP contribution in [0.3, 0.4) is 0 Å². The van der Waals surface area contributed by atoms with Crippen molar-refractivity contribution in [1.82, 2.24) is 0 Å². The lowest BCUT2D eigenvalue weighted by atomic mass is 10.1. The third-order valence-electron chi connectivity index (χ3n) is 2.75. The van der Waals surface area contributed by atoms with Crippen LogP contribution in [0.1, 0.15) is 26.7 Å². The Kier molecular flexibility index (Phi) is 5.02. The van der Waals surface area contributed by atoms with E-state index >= 15 is 0 Å². The molecule has 106 valence electrons. The number of benzene rings is 1. The molecule has 0 saturated heterocycles. The Balaban J connectivity index is 3.00. The van der Waals surface area contributed by atoms with Crippen molar-refractivity contribution in [2.24, 2.45) is 11.1 Å². The molecule has 0 fully saturated rings. The summed E-state index contributed by atoms with van der Waals surface area (Å²) < 4.78 is 35.8. The highest BCUT2D eigenvalue weighted by Gasteiger charge is 2.17. The van der Waals surface area contributed by atoms with Crippen molar-refractivity contribution in [2.75, 3.05) is 5.32 Å². The van der Waals surface area contributed by atoms with Gasteiger partial charge in [-0.3, -0.25) is 4.79 Å². The topological polar surface area (TPSA) is 89.3 Å². The fourth-order valence-electron chi connectivity index (χ4n) is 1.51. The quantitative estimate of drug-likeness (QED) is 0.866. The fourth-order valence-corrected chi connectivity index (χ4v) is 2.18. The first-order valence-electron chi connectivity index (χ1n) is 5.86. The highest BCUT2D eigenvalue weighted by molar-refractivity contribution is 7.89. The highest BCUT2D eigenvalue weighted by atomic mass is 32.2. The Hall–Kier alpha value is -1.47. The zero-order valence-corrected chi connectivity index (χ0v) is 11.6. The molecule has 1 atom stereocenters. The van der Waals surface area contributed by atoms with E-state index in [4.69, 9.17) is 5.14 Å². The predicted octanol–water partition coefficient (Wildman–Crippen LogP) is 1.85. The average Bonchev–Trinajstić information content (AvgIpc) is 2.26. The number of rotatable bonds is 5. The van der Waals surface area contributed by atoms with Gasteiger partial charge in [-0.15, -0.1) is 0 Å². The van der Waals surface area contributed by atoms with E-state index in [0.717, 1.165) is 24.6 Å². The number of sulfonamides is 1. The largest absolute Gasteiger partial charge is 0.325 e. The third kappa shape index (κ3) is 4.60. The van der Waals surface area contributed by atoms with E-state index in [2.05, 4.69) is 5.32 Å². The molecule has 0 aliphatic heterocycles. The summed E-state index contributed by atoms with van der Waals surface area (Å²) in [6.07, 6.45) is 1.05. The molecule has 0 saturated carbocycles. The SMILES string of the molecule is CCC(C)CC(=O)Nc1cc(F)ccc1S(N)(=O)=O. The molecule has 0 aromatic heterocycles. The first-order valence-corrected chi connectivity index (χ1v) is 7.41. The Morgan fingerprint density at radius 2 is 2.11 bits per heavy atom. The minimum absolute atomic E-state index is 0.129. The lowest BCUT2D eigenvalue weighted by Crippen LogP contribution is -2.19. The molecule has 1 amide bonds. The van der Waals surface area contributed by atoms with E-state index in [1.165, 1.54) is 0 Å². The smallest absolute Gasteiger partial charge is 0.240 e. The molecule has 0 bridgehead atoms. The molecule has 7 heteroatoms. The van der Waals surface area contributed by atoms with Crippen LogP contribution >= 0.6 is 0 Å². The van der Waals surface area contributed by atoms with Crippen LogP contribution in [0.5, 0.6) is 0 Å². The Morgan fingerprint density at radius 3 is 2.63 bits per heavy atom. The van der Waals surface area contributed by atoms with E-state index in [1.54, 1.807) is 0 Å². The van der Waals surface area contributed by atoms with Gasteiger partial charge in [0.05, 0.1) is 5.69 Å². The van der Waals surface area contributed by atoms with Gasteiger partial charge in [0.15, 0.2) is 0 Å². The molecule has 19 heavy (non-hydrogen) atoms. The Labute approximate surface area is 112 Å². The molecule has 5 nitrogen and oxygen atoms in total. The second kappa shape index (κ2) is 6.12. The highest BCUT2D eigenvalue weighted by Crippen LogP contribution is 2.22. The summed E-state index contributed by atoms with van der Waals surface area (Å²) >= 11 is 0. The van der Waals surface area contributed by atoms with Crippen LogP contribution in [-0.2, 0) is 14.8 Å². The number of anilines is 1. The number of amides is 1. The van der Waals surface area contributed by atoms with Crippen molar-refractivity contribution in [3.63, 3.8) is 0 Å². The van der Waals surface area contributed by atoms with Crippen molar-refractivity contribution >= 4 is 21.6 Å². The minimum atomic E-state index is -4.01. The number of primary sulfonamides is 1. The lowest BCUT2D eigenvalue weighted by Gasteiger charge is -2.12. The van der Waals surface area contributed by atoms with Gasteiger partial charge in [0.25, 0.3) is 0 Å². The molecule has 1 unspecified atom stereocenters. The van der Waals surface area contributed by atoms with Gasteiger partial charge < -0.3 is 5.32 Å². The zero-order chi connectivity index (χ0) is 14.6. The van der Waals surface area contributed by atoms with Gasteiger partial charge in [-0.1, -0.05) is 20.3 Å². The van der Waals surface area contributed by atoms with Crippen molar-refractivity contribution in [2.45, 2.75) is 31.6 Å². The second-order valence-corrected chi connectivity index (χ2v) is 5.98. The van der Waals surface area contributed by atoms with Crippen LogP contribution in [0.25, 0.3) is 0 Å². The number of hydrogen-bond acceptors (Lipinski definition) is 3. The molecular weight excluding hydrogens is 271 g/mol. The van der Waals surface area contributed by atoms with Crippen LogP contribution in [0.4, 0.5) is 10.1 Å². The molecule has 0 aliphatic carbocycles. The summed E-state index contributed by atoms with van der Waals surface area (Å²) in [5.41, 5.74) is -0.129. The van der Waals surface area contributed by atoms with Gasteiger partial charge in [0, 0.05) is 6.42 Å². The average molecular weight is 288 g/mol. The van der Waals surface area contributed by atoms with Gasteiger partial charge in [-0.05, 0) is 24.1 Å². The summed E-state index contributed by atoms with van der Waals surface area (Å²) in [6, 6.07) is 2.95. The van der Waals surface area contributed by atoms with Crippen molar-refractivity contribution in [3.8, 4) is 0 Å². The van der Waals surface area contributed by atoms with Gasteiger partial charge in [-0.25, -0.2) is 17.9 Å². The van der Waals surface area contributed by atoms with E-state index in [0.29, 0.717) is 0 Å². The van der Waals surface area contributed by atoms with Crippen molar-refractivity contribution in [3.05, 3.63) is 24.0 Å². The summed E-state index contributed by atoms with van der Waals surface area (Å²) in [5, 5.41) is 7.39. The summed E-state index contributed by atoms with van der Waals surface area (Å²) in [4.78, 5) is 11.4. The van der Waals surface area contributed by atoms with Crippen molar-refractivity contribution < 1.29 is 17.6 Å². The molecular formula is C12H17FN2O3S. The summed E-state index contributed by atoms with van der Waals surface area (Å²) in [6.45, 7) is 3.83. The number of hydrogen-bond donors (Lipinski definition) is 2. The molecule has 1 aromatic carbocycles. The molecule has 0 radical (unpaired) electrons. The molecule has 3 N–H and O–H groups in total. The number of nitrogens with one attached hydrogen (secondary N) is 1. The first-order chi connectivity index (χ1) is 8.74. The number of nitrogens with two attached hydrogens (primary N) is 1. The van der Waals surface area contributed by atoms with Gasteiger partial charge in [-0.2, -0.15) is 0 Å². The van der Waals surface area contributed by atoms with Crippen LogP contribution in [0.15, 0.2) is 23.1 Å². The third-order valence-corrected chi connectivity index (χ3v) is 3.72. The normalized spacial score (nSPS) is 13.1. The predicted molar refractivity (Wildman–Crippen MR) is 70.5 cm³/mol. The molecule has 1 rings (SSSR count). The van der Waals surface area contributed by atoms with E-state index in [1.807, 2.05) is 13.8 Å².